The zero-order valence-electron chi connectivity index (χ0n) is 14.2. The molecule has 0 radical (unpaired) electrons. The van der Waals surface area contributed by atoms with Crippen molar-refractivity contribution in [3.05, 3.63) is 24.3 Å². The summed E-state index contributed by atoms with van der Waals surface area (Å²) in [5.74, 6) is -2.16. The van der Waals surface area contributed by atoms with Crippen LogP contribution in [0.3, 0.4) is 0 Å². The Kier molecular flexibility index (Phi) is 5.63. The minimum atomic E-state index is -2.06. The number of carboxylic acids is 1. The van der Waals surface area contributed by atoms with Crippen molar-refractivity contribution in [3.63, 3.8) is 0 Å². The summed E-state index contributed by atoms with van der Waals surface area (Å²) >= 11 is 0. The van der Waals surface area contributed by atoms with Gasteiger partial charge in [-0.05, 0) is 26.0 Å². The lowest BCUT2D eigenvalue weighted by Crippen LogP contribution is -2.48. The van der Waals surface area contributed by atoms with Crippen molar-refractivity contribution < 1.29 is 29.3 Å². The molecule has 0 aromatic heterocycles. The lowest BCUT2D eigenvalue weighted by atomic mass is 10.1. The van der Waals surface area contributed by atoms with Gasteiger partial charge in [0, 0.05) is 13.0 Å². The molecule has 3 N–H and O–H groups in total. The molecule has 0 aliphatic carbocycles. The van der Waals surface area contributed by atoms with Crippen LogP contribution in [0.4, 0.5) is 5.69 Å². The van der Waals surface area contributed by atoms with Crippen molar-refractivity contribution in [2.45, 2.75) is 25.9 Å². The Morgan fingerprint density at radius 3 is 2.72 bits per heavy atom. The van der Waals surface area contributed by atoms with Gasteiger partial charge in [-0.1, -0.05) is 12.1 Å². The third-order valence-corrected chi connectivity index (χ3v) is 4.02. The zero-order valence-corrected chi connectivity index (χ0v) is 14.2. The van der Waals surface area contributed by atoms with Gasteiger partial charge in [0.15, 0.2) is 5.60 Å². The van der Waals surface area contributed by atoms with Crippen LogP contribution in [0.2, 0.25) is 0 Å². The first-order chi connectivity index (χ1) is 11.8. The molecule has 136 valence electrons. The fourth-order valence-electron chi connectivity index (χ4n) is 2.55. The summed E-state index contributed by atoms with van der Waals surface area (Å²) in [6.45, 7) is 3.13. The number of benzene rings is 1. The van der Waals surface area contributed by atoms with Gasteiger partial charge in [-0.2, -0.15) is 0 Å². The van der Waals surface area contributed by atoms with E-state index in [1.165, 1.54) is 4.90 Å². The lowest BCUT2D eigenvalue weighted by molar-refractivity contribution is -0.156. The number of aliphatic carboxylic acids is 1. The first-order valence-electron chi connectivity index (χ1n) is 8.02. The van der Waals surface area contributed by atoms with Gasteiger partial charge in [0.05, 0.1) is 24.8 Å². The number of hydrogen-bond acceptors (Lipinski definition) is 5. The molecule has 0 saturated carbocycles. The van der Waals surface area contributed by atoms with Crippen molar-refractivity contribution in [2.24, 2.45) is 5.92 Å². The number of hydrogen-bond donors (Lipinski definition) is 3. The molecule has 1 aliphatic rings. The molecule has 2 rings (SSSR count). The molecule has 8 nitrogen and oxygen atoms in total. The fraction of sp³-hybridized carbons (Fsp3) is 0.471. The Hall–Kier alpha value is -2.61. The molecular formula is C17H22N2O6. The second-order valence-corrected chi connectivity index (χ2v) is 6.10. The van der Waals surface area contributed by atoms with E-state index in [-0.39, 0.29) is 18.9 Å². The molecule has 2 unspecified atom stereocenters. The highest BCUT2D eigenvalue weighted by atomic mass is 16.5. The summed E-state index contributed by atoms with van der Waals surface area (Å²) < 4.78 is 5.52. The smallest absolute Gasteiger partial charge is 0.337 e. The largest absolute Gasteiger partial charge is 0.492 e. The van der Waals surface area contributed by atoms with Crippen LogP contribution < -0.4 is 15.0 Å². The number of anilines is 1. The molecule has 0 bridgehead atoms. The zero-order chi connectivity index (χ0) is 18.6. The Morgan fingerprint density at radius 1 is 1.40 bits per heavy atom. The molecule has 1 aromatic rings. The molecule has 1 heterocycles. The van der Waals surface area contributed by atoms with E-state index < -0.39 is 29.9 Å². The number of aliphatic hydroxyl groups is 1. The number of carbonyl (C=O) groups is 3. The first kappa shape index (κ1) is 18.7. The van der Waals surface area contributed by atoms with Crippen LogP contribution in [-0.2, 0) is 14.4 Å². The number of amides is 2. The molecule has 2 atom stereocenters. The average Bonchev–Trinajstić information content (AvgIpc) is 2.95. The van der Waals surface area contributed by atoms with E-state index in [1.54, 1.807) is 24.3 Å². The number of rotatable bonds is 7. The lowest BCUT2D eigenvalue weighted by Gasteiger charge is -2.21. The maximum atomic E-state index is 12.3. The highest BCUT2D eigenvalue weighted by Gasteiger charge is 2.37. The van der Waals surface area contributed by atoms with Gasteiger partial charge in [-0.15, -0.1) is 0 Å². The minimum absolute atomic E-state index is 0.0154. The van der Waals surface area contributed by atoms with Crippen molar-refractivity contribution in [2.75, 3.05) is 24.6 Å². The van der Waals surface area contributed by atoms with Gasteiger partial charge in [-0.3, -0.25) is 9.59 Å². The van der Waals surface area contributed by atoms with Gasteiger partial charge in [-0.25, -0.2) is 4.79 Å². The summed E-state index contributed by atoms with van der Waals surface area (Å²) in [6.07, 6.45) is 0.0154. The van der Waals surface area contributed by atoms with Crippen LogP contribution in [0, 0.1) is 5.92 Å². The van der Waals surface area contributed by atoms with Crippen molar-refractivity contribution in [1.29, 1.82) is 0 Å². The van der Waals surface area contributed by atoms with Crippen molar-refractivity contribution in [1.82, 2.24) is 5.32 Å². The number of carboxylic acid groups (broad SMARTS) is 1. The third kappa shape index (κ3) is 4.27. The van der Waals surface area contributed by atoms with Gasteiger partial charge in [0.25, 0.3) is 0 Å². The predicted molar refractivity (Wildman–Crippen MR) is 89.3 cm³/mol. The Morgan fingerprint density at radius 2 is 2.08 bits per heavy atom. The highest BCUT2D eigenvalue weighted by molar-refractivity contribution is 6.01. The number of nitrogens with zero attached hydrogens (tertiary/aromatic N) is 1. The maximum absolute atomic E-state index is 12.3. The topological polar surface area (TPSA) is 116 Å². The summed E-state index contributed by atoms with van der Waals surface area (Å²) in [4.78, 5) is 36.9. The number of para-hydroxylation sites is 2. The SMILES string of the molecule is CCOc1ccccc1N1CC(C(=O)NCC(C)(O)C(=O)O)CC1=O. The number of nitrogens with one attached hydrogen (secondary N) is 1. The van der Waals surface area contributed by atoms with Crippen LogP contribution in [-0.4, -0.2) is 53.3 Å². The van der Waals surface area contributed by atoms with Gasteiger partial charge in [0.1, 0.15) is 5.75 Å². The summed E-state index contributed by atoms with van der Waals surface area (Å²) in [5.41, 5.74) is -1.46. The standard InChI is InChI=1S/C17H22N2O6/c1-3-25-13-7-5-4-6-12(13)19-9-11(8-14(19)20)15(21)18-10-17(2,24)16(22)23/h4-7,11,24H,3,8-10H2,1-2H3,(H,18,21)(H,22,23). The average molecular weight is 350 g/mol. The number of ether oxygens (including phenoxy) is 1. The van der Waals surface area contributed by atoms with Crippen LogP contribution in [0.15, 0.2) is 24.3 Å². The highest BCUT2D eigenvalue weighted by Crippen LogP contribution is 2.33. The molecular weight excluding hydrogens is 328 g/mol. The fourth-order valence-corrected chi connectivity index (χ4v) is 2.55. The van der Waals surface area contributed by atoms with E-state index in [4.69, 9.17) is 9.84 Å². The van der Waals surface area contributed by atoms with Crippen LogP contribution in [0.1, 0.15) is 20.3 Å². The van der Waals surface area contributed by atoms with Crippen LogP contribution in [0.5, 0.6) is 5.75 Å². The Bertz CT molecular complexity index is 673. The predicted octanol–water partition coefficient (Wildman–Crippen LogP) is 0.390. The van der Waals surface area contributed by atoms with E-state index in [9.17, 15) is 19.5 Å². The molecule has 1 saturated heterocycles. The van der Waals surface area contributed by atoms with E-state index in [0.717, 1.165) is 6.92 Å². The van der Waals surface area contributed by atoms with Gasteiger partial charge >= 0.3 is 5.97 Å². The first-order valence-corrected chi connectivity index (χ1v) is 8.02. The summed E-state index contributed by atoms with van der Waals surface area (Å²) in [5, 5.41) is 20.9. The van der Waals surface area contributed by atoms with E-state index in [2.05, 4.69) is 5.32 Å². The normalized spacial score (nSPS) is 19.4. The van der Waals surface area contributed by atoms with Crippen molar-refractivity contribution >= 4 is 23.5 Å². The molecule has 1 aliphatic heterocycles. The van der Waals surface area contributed by atoms with E-state index in [0.29, 0.717) is 18.0 Å². The molecule has 8 heteroatoms. The Labute approximate surface area is 145 Å². The van der Waals surface area contributed by atoms with Crippen LogP contribution in [0.25, 0.3) is 0 Å². The second-order valence-electron chi connectivity index (χ2n) is 6.10. The number of carbonyl (C=O) groups excluding carboxylic acids is 2. The third-order valence-electron chi connectivity index (χ3n) is 4.02. The summed E-state index contributed by atoms with van der Waals surface area (Å²) in [7, 11) is 0. The summed E-state index contributed by atoms with van der Waals surface area (Å²) in [6, 6.07) is 7.08. The van der Waals surface area contributed by atoms with Crippen molar-refractivity contribution in [3.8, 4) is 5.75 Å². The van der Waals surface area contributed by atoms with Gasteiger partial charge < -0.3 is 25.2 Å². The van der Waals surface area contributed by atoms with Crippen LogP contribution >= 0.6 is 0 Å². The monoisotopic (exact) mass is 350 g/mol. The maximum Gasteiger partial charge on any atom is 0.337 e. The minimum Gasteiger partial charge on any atom is -0.492 e. The molecule has 2 amide bonds. The second kappa shape index (κ2) is 7.52. The quantitative estimate of drug-likeness (QED) is 0.655. The van der Waals surface area contributed by atoms with Gasteiger partial charge in [0.2, 0.25) is 11.8 Å². The molecule has 1 fully saturated rings. The van der Waals surface area contributed by atoms with E-state index in [1.807, 2.05) is 6.92 Å². The molecule has 25 heavy (non-hydrogen) atoms. The van der Waals surface area contributed by atoms with E-state index >= 15 is 0 Å². The Balaban J connectivity index is 2.05. The molecule has 1 aromatic carbocycles. The molecule has 0 spiro atoms.